The van der Waals surface area contributed by atoms with Crippen LogP contribution in [0.2, 0.25) is 0 Å². The molecule has 1 amide bonds. The van der Waals surface area contributed by atoms with Crippen molar-refractivity contribution in [1.82, 2.24) is 10.5 Å². The second-order valence-electron chi connectivity index (χ2n) is 4.43. The molecule has 0 spiro atoms. The van der Waals surface area contributed by atoms with Gasteiger partial charge in [-0.15, -0.1) is 12.4 Å². The zero-order valence-electron chi connectivity index (χ0n) is 12.1. The number of hydrogen-bond acceptors (Lipinski definition) is 5. The van der Waals surface area contributed by atoms with E-state index in [-0.39, 0.29) is 24.9 Å². The van der Waals surface area contributed by atoms with Gasteiger partial charge < -0.3 is 20.0 Å². The minimum Gasteiger partial charge on any atom is -0.467 e. The molecular weight excluding hydrogens is 294 g/mol. The van der Waals surface area contributed by atoms with Gasteiger partial charge in [-0.3, -0.25) is 4.79 Å². The van der Waals surface area contributed by atoms with Crippen LogP contribution in [0.15, 0.2) is 21.3 Å². The molecule has 2 aromatic rings. The molecule has 6 nitrogen and oxygen atoms in total. The van der Waals surface area contributed by atoms with Crippen molar-refractivity contribution in [3.8, 4) is 0 Å². The number of carbonyl (C=O) groups is 1. The maximum Gasteiger partial charge on any atom is 0.254 e. The summed E-state index contributed by atoms with van der Waals surface area (Å²) in [6.45, 7) is 4.68. The number of amides is 1. The Bertz CT molecular complexity index is 571. The van der Waals surface area contributed by atoms with E-state index in [0.29, 0.717) is 17.9 Å². The zero-order valence-corrected chi connectivity index (χ0v) is 13.0. The smallest absolute Gasteiger partial charge is 0.254 e. The predicted octanol–water partition coefficient (Wildman–Crippen LogP) is 2.20. The van der Waals surface area contributed by atoms with Gasteiger partial charge in [-0.25, -0.2) is 0 Å². The highest BCUT2D eigenvalue weighted by atomic mass is 35.5. The lowest BCUT2D eigenvalue weighted by Crippen LogP contribution is -2.23. The fourth-order valence-corrected chi connectivity index (χ4v) is 2.02. The molecule has 0 saturated carbocycles. The molecule has 3 N–H and O–H groups in total. The Morgan fingerprint density at radius 1 is 1.38 bits per heavy atom. The number of nitrogens with one attached hydrogen (secondary N) is 1. The van der Waals surface area contributed by atoms with Crippen LogP contribution in [0, 0.1) is 0 Å². The molecule has 0 saturated heterocycles. The Morgan fingerprint density at radius 3 is 2.71 bits per heavy atom. The molecule has 0 aromatic carbocycles. The van der Waals surface area contributed by atoms with E-state index < -0.39 is 0 Å². The summed E-state index contributed by atoms with van der Waals surface area (Å²) in [6.07, 6.45) is 2.94. The van der Waals surface area contributed by atoms with Crippen LogP contribution in [0.3, 0.4) is 0 Å². The number of aryl methyl sites for hydroxylation is 2. The second-order valence-corrected chi connectivity index (χ2v) is 4.43. The van der Waals surface area contributed by atoms with E-state index in [1.54, 1.807) is 6.07 Å². The van der Waals surface area contributed by atoms with Crippen molar-refractivity contribution >= 4 is 18.3 Å². The van der Waals surface area contributed by atoms with Gasteiger partial charge in [-0.05, 0) is 12.5 Å². The van der Waals surface area contributed by atoms with Gasteiger partial charge in [0, 0.05) is 18.5 Å². The number of nitrogens with zero attached hydrogens (tertiary/aromatic N) is 1. The number of rotatable bonds is 6. The quantitative estimate of drug-likeness (QED) is 0.852. The molecule has 21 heavy (non-hydrogen) atoms. The highest BCUT2D eigenvalue weighted by molar-refractivity contribution is 5.93. The molecule has 0 aliphatic carbocycles. The van der Waals surface area contributed by atoms with Crippen LogP contribution in [0.1, 0.15) is 47.0 Å². The van der Waals surface area contributed by atoms with Gasteiger partial charge in [0.2, 0.25) is 0 Å². The molecule has 2 heterocycles. The lowest BCUT2D eigenvalue weighted by Gasteiger charge is -2.04. The molecular formula is C14H20ClN3O3. The first-order chi connectivity index (χ1) is 9.69. The number of furan rings is 1. The number of halogens is 1. The summed E-state index contributed by atoms with van der Waals surface area (Å²) in [5.74, 6) is 1.21. The molecule has 0 radical (unpaired) electrons. The first-order valence-electron chi connectivity index (χ1n) is 6.71. The van der Waals surface area contributed by atoms with Gasteiger partial charge in [0.25, 0.3) is 5.91 Å². The Morgan fingerprint density at radius 2 is 2.14 bits per heavy atom. The van der Waals surface area contributed by atoms with E-state index in [0.717, 1.165) is 29.9 Å². The van der Waals surface area contributed by atoms with E-state index in [9.17, 15) is 4.79 Å². The Kier molecular flexibility index (Phi) is 6.45. The van der Waals surface area contributed by atoms with Crippen molar-refractivity contribution in [1.29, 1.82) is 0 Å². The zero-order chi connectivity index (χ0) is 14.5. The minimum atomic E-state index is -0.196. The van der Waals surface area contributed by atoms with E-state index in [1.165, 1.54) is 6.26 Å². The van der Waals surface area contributed by atoms with Gasteiger partial charge in [-0.1, -0.05) is 19.0 Å². The topological polar surface area (TPSA) is 94.3 Å². The highest BCUT2D eigenvalue weighted by Gasteiger charge is 2.15. The van der Waals surface area contributed by atoms with Crippen LogP contribution in [0.5, 0.6) is 0 Å². The predicted molar refractivity (Wildman–Crippen MR) is 80.3 cm³/mol. The van der Waals surface area contributed by atoms with E-state index >= 15 is 0 Å². The van der Waals surface area contributed by atoms with Gasteiger partial charge in [-0.2, -0.15) is 0 Å². The number of aromatic nitrogens is 1. The number of carbonyl (C=O) groups excluding carboxylic acids is 1. The highest BCUT2D eigenvalue weighted by Crippen LogP contribution is 2.16. The molecule has 2 rings (SSSR count). The Hall–Kier alpha value is -1.79. The Balaban J connectivity index is 0.00000220. The maximum atomic E-state index is 12.0. The minimum absolute atomic E-state index is 0. The van der Waals surface area contributed by atoms with E-state index in [4.69, 9.17) is 14.7 Å². The average molecular weight is 314 g/mol. The largest absolute Gasteiger partial charge is 0.467 e. The molecule has 0 aliphatic heterocycles. The van der Waals surface area contributed by atoms with Crippen molar-refractivity contribution in [2.75, 3.05) is 0 Å². The van der Waals surface area contributed by atoms with E-state index in [2.05, 4.69) is 10.5 Å². The molecule has 116 valence electrons. The van der Waals surface area contributed by atoms with Crippen molar-refractivity contribution in [2.45, 2.75) is 39.8 Å². The third-order valence-electron chi connectivity index (χ3n) is 3.15. The standard InChI is InChI=1S/C14H19N3O3.ClH/c1-3-12-11(13(4-2)20-17-12)7-16-14(18)9-5-10(6-15)19-8-9;/h5,8H,3-4,6-7,15H2,1-2H3,(H,16,18);1H. The third kappa shape index (κ3) is 3.86. The SMILES string of the molecule is CCc1noc(CC)c1CNC(=O)c1coc(CN)c1.Cl. The average Bonchev–Trinajstić information content (AvgIpc) is 3.10. The van der Waals surface area contributed by atoms with Crippen LogP contribution in [-0.4, -0.2) is 11.1 Å². The fraction of sp³-hybridized carbons (Fsp3) is 0.429. The summed E-state index contributed by atoms with van der Waals surface area (Å²) < 4.78 is 10.4. The van der Waals surface area contributed by atoms with Crippen molar-refractivity contribution < 1.29 is 13.7 Å². The lowest BCUT2D eigenvalue weighted by atomic mass is 10.1. The van der Waals surface area contributed by atoms with Crippen LogP contribution >= 0.6 is 12.4 Å². The molecule has 0 atom stereocenters. The number of nitrogens with two attached hydrogens (primary N) is 1. The molecule has 2 aromatic heterocycles. The van der Waals surface area contributed by atoms with E-state index in [1.807, 2.05) is 13.8 Å². The summed E-state index contributed by atoms with van der Waals surface area (Å²) in [4.78, 5) is 12.0. The molecule has 0 aliphatic rings. The Labute approximate surface area is 129 Å². The fourth-order valence-electron chi connectivity index (χ4n) is 2.02. The normalized spacial score (nSPS) is 10.2. The second kappa shape index (κ2) is 7.85. The summed E-state index contributed by atoms with van der Waals surface area (Å²) in [5, 5.41) is 6.86. The molecule has 0 bridgehead atoms. The van der Waals surface area contributed by atoms with Crippen molar-refractivity contribution in [2.24, 2.45) is 5.73 Å². The van der Waals surface area contributed by atoms with Crippen LogP contribution in [-0.2, 0) is 25.9 Å². The summed E-state index contributed by atoms with van der Waals surface area (Å²) in [5.41, 5.74) is 7.76. The molecule has 7 heteroatoms. The summed E-state index contributed by atoms with van der Waals surface area (Å²) in [7, 11) is 0. The molecule has 0 fully saturated rings. The van der Waals surface area contributed by atoms with Crippen molar-refractivity contribution in [3.63, 3.8) is 0 Å². The monoisotopic (exact) mass is 313 g/mol. The first kappa shape index (κ1) is 17.3. The summed E-state index contributed by atoms with van der Waals surface area (Å²) in [6, 6.07) is 1.64. The van der Waals surface area contributed by atoms with Gasteiger partial charge >= 0.3 is 0 Å². The van der Waals surface area contributed by atoms with Gasteiger partial charge in [0.1, 0.15) is 17.8 Å². The summed E-state index contributed by atoms with van der Waals surface area (Å²) >= 11 is 0. The van der Waals surface area contributed by atoms with Crippen LogP contribution < -0.4 is 11.1 Å². The number of hydrogen-bond donors (Lipinski definition) is 2. The maximum absolute atomic E-state index is 12.0. The van der Waals surface area contributed by atoms with Gasteiger partial charge in [0.15, 0.2) is 0 Å². The van der Waals surface area contributed by atoms with Crippen LogP contribution in [0.25, 0.3) is 0 Å². The van der Waals surface area contributed by atoms with Crippen LogP contribution in [0.4, 0.5) is 0 Å². The molecule has 0 unspecified atom stereocenters. The third-order valence-corrected chi connectivity index (χ3v) is 3.15. The van der Waals surface area contributed by atoms with Gasteiger partial charge in [0.05, 0.1) is 17.8 Å². The first-order valence-corrected chi connectivity index (χ1v) is 6.71. The van der Waals surface area contributed by atoms with Crippen molar-refractivity contribution in [3.05, 3.63) is 40.7 Å². The lowest BCUT2D eigenvalue weighted by molar-refractivity contribution is 0.0950.